The molecule has 0 aliphatic carbocycles. The summed E-state index contributed by atoms with van der Waals surface area (Å²) in [6.45, 7) is 0. The maximum atomic E-state index is 13.0. The second-order valence-corrected chi connectivity index (χ2v) is 3.00. The van der Waals surface area contributed by atoms with E-state index in [0.717, 1.165) is 0 Å². The zero-order valence-electron chi connectivity index (χ0n) is 8.21. The Kier molecular flexibility index (Phi) is 3.26. The van der Waals surface area contributed by atoms with E-state index in [4.69, 9.17) is 0 Å². The molecule has 1 nitrogen and oxygen atoms in total. The highest BCUT2D eigenvalue weighted by atomic mass is 19.4. The molecular formula is C9H5F7O. The lowest BCUT2D eigenvalue weighted by Gasteiger charge is -2.18. The summed E-state index contributed by atoms with van der Waals surface area (Å²) in [6.07, 6.45) is -10.6. The van der Waals surface area contributed by atoms with Crippen molar-refractivity contribution in [2.45, 2.75) is 12.4 Å². The average Bonchev–Trinajstić information content (AvgIpc) is 2.13. The van der Waals surface area contributed by atoms with Crippen molar-refractivity contribution in [1.29, 1.82) is 0 Å². The molecule has 0 heterocycles. The van der Waals surface area contributed by atoms with Gasteiger partial charge in [0.25, 0.3) is 0 Å². The van der Waals surface area contributed by atoms with E-state index in [1.54, 1.807) is 0 Å². The zero-order chi connectivity index (χ0) is 13.4. The van der Waals surface area contributed by atoms with Crippen molar-refractivity contribution in [1.82, 2.24) is 0 Å². The molecule has 1 aromatic rings. The van der Waals surface area contributed by atoms with E-state index in [-0.39, 0.29) is 12.1 Å². The number of alkyl halides is 6. The summed E-state index contributed by atoms with van der Waals surface area (Å²) in [7, 11) is 0.661. The van der Waals surface area contributed by atoms with Gasteiger partial charge in [0, 0.05) is 0 Å². The van der Waals surface area contributed by atoms with Gasteiger partial charge < -0.3 is 4.74 Å². The molecule has 1 rings (SSSR count). The molecule has 17 heavy (non-hydrogen) atoms. The molecule has 0 aliphatic heterocycles. The Bertz CT molecular complexity index is 419. The van der Waals surface area contributed by atoms with Crippen molar-refractivity contribution in [3.8, 4) is 5.75 Å². The fourth-order valence-corrected chi connectivity index (χ4v) is 1.27. The topological polar surface area (TPSA) is 9.23 Å². The van der Waals surface area contributed by atoms with E-state index >= 15 is 0 Å². The molecule has 0 aromatic heterocycles. The minimum absolute atomic E-state index is 0.0284. The van der Waals surface area contributed by atoms with Crippen LogP contribution in [0.25, 0.3) is 0 Å². The summed E-state index contributed by atoms with van der Waals surface area (Å²) in [5.41, 5.74) is -4.14. The van der Waals surface area contributed by atoms with E-state index in [0.29, 0.717) is 7.11 Å². The van der Waals surface area contributed by atoms with Crippen LogP contribution in [0.1, 0.15) is 11.1 Å². The summed E-state index contributed by atoms with van der Waals surface area (Å²) >= 11 is 0. The van der Waals surface area contributed by atoms with Gasteiger partial charge in [0.2, 0.25) is 0 Å². The third kappa shape index (κ3) is 2.62. The highest BCUT2D eigenvalue weighted by Crippen LogP contribution is 2.45. The van der Waals surface area contributed by atoms with Gasteiger partial charge in [-0.25, -0.2) is 4.39 Å². The van der Waals surface area contributed by atoms with Crippen molar-refractivity contribution < 1.29 is 35.5 Å². The first-order valence-electron chi connectivity index (χ1n) is 4.10. The largest absolute Gasteiger partial charge is 0.493 e. The Balaban J connectivity index is 3.64. The van der Waals surface area contributed by atoms with Gasteiger partial charge in [-0.05, 0) is 12.1 Å². The van der Waals surface area contributed by atoms with Crippen LogP contribution >= 0.6 is 0 Å². The van der Waals surface area contributed by atoms with Crippen LogP contribution in [0.5, 0.6) is 5.75 Å². The molecule has 0 saturated heterocycles. The number of hydrogen-bond donors (Lipinski definition) is 0. The molecule has 0 radical (unpaired) electrons. The quantitative estimate of drug-likeness (QED) is 0.698. The van der Waals surface area contributed by atoms with Gasteiger partial charge >= 0.3 is 12.4 Å². The standard InChI is InChI=1S/C9H5F7O/c1-17-7-5(10)3-2-4(8(11,12)13)6(7)9(14,15)16/h2-3H,1H3. The van der Waals surface area contributed by atoms with Crippen LogP contribution < -0.4 is 4.74 Å². The maximum Gasteiger partial charge on any atom is 0.420 e. The number of hydrogen-bond acceptors (Lipinski definition) is 1. The summed E-state index contributed by atoms with van der Waals surface area (Å²) in [4.78, 5) is 0. The number of methoxy groups -OCH3 is 1. The molecule has 1 aromatic carbocycles. The van der Waals surface area contributed by atoms with Gasteiger partial charge in [-0.15, -0.1) is 0 Å². The molecule has 0 aliphatic rings. The van der Waals surface area contributed by atoms with Gasteiger partial charge in [-0.1, -0.05) is 0 Å². The molecular weight excluding hydrogens is 257 g/mol. The van der Waals surface area contributed by atoms with Crippen LogP contribution in [-0.2, 0) is 12.4 Å². The lowest BCUT2D eigenvalue weighted by atomic mass is 10.0. The van der Waals surface area contributed by atoms with E-state index in [9.17, 15) is 30.7 Å². The van der Waals surface area contributed by atoms with Crippen LogP contribution in [0.3, 0.4) is 0 Å². The first-order valence-corrected chi connectivity index (χ1v) is 4.10. The van der Waals surface area contributed by atoms with Crippen molar-refractivity contribution in [3.05, 3.63) is 29.1 Å². The number of ether oxygens (including phenoxy) is 1. The Labute approximate surface area is 90.8 Å². The number of halogens is 7. The Hall–Kier alpha value is -1.47. The number of benzene rings is 1. The molecule has 0 atom stereocenters. The molecule has 0 fully saturated rings. The Morgan fingerprint density at radius 2 is 1.47 bits per heavy atom. The third-order valence-electron chi connectivity index (χ3n) is 1.90. The SMILES string of the molecule is COc1c(F)ccc(C(F)(F)F)c1C(F)(F)F. The van der Waals surface area contributed by atoms with Crippen LogP contribution in [-0.4, -0.2) is 7.11 Å². The lowest BCUT2D eigenvalue weighted by Crippen LogP contribution is -2.18. The van der Waals surface area contributed by atoms with Gasteiger partial charge in [0.1, 0.15) is 5.56 Å². The molecule has 0 bridgehead atoms. The average molecular weight is 262 g/mol. The van der Waals surface area contributed by atoms with Gasteiger partial charge in [-0.3, -0.25) is 0 Å². The predicted octanol–water partition coefficient (Wildman–Crippen LogP) is 3.87. The molecule has 0 unspecified atom stereocenters. The minimum atomic E-state index is -5.36. The van der Waals surface area contributed by atoms with Gasteiger partial charge in [-0.2, -0.15) is 26.3 Å². The molecule has 0 N–H and O–H groups in total. The fourth-order valence-electron chi connectivity index (χ4n) is 1.27. The van der Waals surface area contributed by atoms with Crippen LogP contribution in [0.15, 0.2) is 12.1 Å². The summed E-state index contributed by atoms with van der Waals surface area (Å²) < 4.78 is 91.4. The lowest BCUT2D eigenvalue weighted by molar-refractivity contribution is -0.163. The van der Waals surface area contributed by atoms with Crippen LogP contribution in [0.4, 0.5) is 30.7 Å². The van der Waals surface area contributed by atoms with Crippen LogP contribution in [0, 0.1) is 5.82 Å². The molecule has 0 amide bonds. The Morgan fingerprint density at radius 3 is 1.82 bits per heavy atom. The highest BCUT2D eigenvalue weighted by Gasteiger charge is 2.46. The van der Waals surface area contributed by atoms with Gasteiger partial charge in [0.05, 0.1) is 12.7 Å². The normalized spacial score (nSPS) is 12.7. The van der Waals surface area contributed by atoms with Crippen molar-refractivity contribution >= 4 is 0 Å². The van der Waals surface area contributed by atoms with E-state index in [1.165, 1.54) is 0 Å². The second kappa shape index (κ2) is 4.08. The molecule has 96 valence electrons. The predicted molar refractivity (Wildman–Crippen MR) is 43.0 cm³/mol. The monoisotopic (exact) mass is 262 g/mol. The van der Waals surface area contributed by atoms with Gasteiger partial charge in [0.15, 0.2) is 11.6 Å². The van der Waals surface area contributed by atoms with Crippen molar-refractivity contribution in [2.24, 2.45) is 0 Å². The van der Waals surface area contributed by atoms with Crippen LogP contribution in [0.2, 0.25) is 0 Å². The minimum Gasteiger partial charge on any atom is -0.493 e. The van der Waals surface area contributed by atoms with E-state index in [2.05, 4.69) is 4.74 Å². The first kappa shape index (κ1) is 13.6. The van der Waals surface area contributed by atoms with Crippen molar-refractivity contribution in [2.75, 3.05) is 7.11 Å². The summed E-state index contributed by atoms with van der Waals surface area (Å²) in [5, 5.41) is 0. The zero-order valence-corrected chi connectivity index (χ0v) is 8.21. The summed E-state index contributed by atoms with van der Waals surface area (Å²) in [5.74, 6) is -2.97. The second-order valence-electron chi connectivity index (χ2n) is 3.00. The highest BCUT2D eigenvalue weighted by molar-refractivity contribution is 5.45. The smallest absolute Gasteiger partial charge is 0.420 e. The third-order valence-corrected chi connectivity index (χ3v) is 1.90. The maximum absolute atomic E-state index is 13.0. The van der Waals surface area contributed by atoms with E-state index in [1.807, 2.05) is 0 Å². The van der Waals surface area contributed by atoms with E-state index < -0.39 is 35.0 Å². The Morgan fingerprint density at radius 1 is 0.941 bits per heavy atom. The first-order chi connectivity index (χ1) is 7.59. The van der Waals surface area contributed by atoms with Crippen molar-refractivity contribution in [3.63, 3.8) is 0 Å². The molecule has 0 saturated carbocycles. The number of rotatable bonds is 1. The molecule has 0 spiro atoms. The summed E-state index contributed by atoms with van der Waals surface area (Å²) in [6, 6.07) is 0.303. The molecule has 8 heteroatoms. The fraction of sp³-hybridized carbons (Fsp3) is 0.333.